The second-order valence-electron chi connectivity index (χ2n) is 5.29. The summed E-state index contributed by atoms with van der Waals surface area (Å²) in [7, 11) is 0. The molecule has 0 spiro atoms. The molecule has 2 aromatic carbocycles. The number of nitrogens with one attached hydrogen (secondary N) is 1. The molecule has 2 heterocycles. The number of anilines is 3. The molecule has 2 aromatic heterocycles. The van der Waals surface area contributed by atoms with Gasteiger partial charge in [0.25, 0.3) is 0 Å². The van der Waals surface area contributed by atoms with E-state index in [1.54, 1.807) is 18.2 Å². The van der Waals surface area contributed by atoms with Crippen LogP contribution in [0.3, 0.4) is 0 Å². The quantitative estimate of drug-likeness (QED) is 0.550. The van der Waals surface area contributed by atoms with Crippen molar-refractivity contribution in [3.8, 4) is 0 Å². The Morgan fingerprint density at radius 3 is 2.77 bits per heavy atom. The maximum atomic E-state index is 6.00. The van der Waals surface area contributed by atoms with Crippen LogP contribution in [0, 0.1) is 0 Å². The number of benzene rings is 2. The Kier molecular flexibility index (Phi) is 4.20. The number of para-hydroxylation sites is 1. The van der Waals surface area contributed by atoms with E-state index in [2.05, 4.69) is 30.6 Å². The van der Waals surface area contributed by atoms with E-state index in [9.17, 15) is 0 Å². The van der Waals surface area contributed by atoms with E-state index in [-0.39, 0.29) is 12.6 Å². The maximum absolute atomic E-state index is 6.00. The number of nitrogens with two attached hydrogens (primary N) is 1. The lowest BCUT2D eigenvalue weighted by Gasteiger charge is -2.08. The summed E-state index contributed by atoms with van der Waals surface area (Å²) < 4.78 is 0. The number of nitrogen functional groups attached to an aromatic ring is 1. The van der Waals surface area contributed by atoms with Crippen molar-refractivity contribution < 1.29 is 4.84 Å². The van der Waals surface area contributed by atoms with Crippen LogP contribution in [-0.4, -0.2) is 30.1 Å². The largest absolute Gasteiger partial charge is 0.387 e. The lowest BCUT2D eigenvalue weighted by Crippen LogP contribution is -2.16. The fourth-order valence-corrected chi connectivity index (χ4v) is 2.46. The Balaban J connectivity index is 1.53. The predicted octanol–water partition coefficient (Wildman–Crippen LogP) is 2.22. The first-order chi connectivity index (χ1) is 12.7. The van der Waals surface area contributed by atoms with Gasteiger partial charge in [-0.15, -0.1) is 5.10 Å². The van der Waals surface area contributed by atoms with Crippen molar-refractivity contribution in [2.24, 2.45) is 0 Å². The summed E-state index contributed by atoms with van der Waals surface area (Å²) in [6.07, 6.45) is 0. The second kappa shape index (κ2) is 6.81. The van der Waals surface area contributed by atoms with Crippen molar-refractivity contribution in [1.29, 1.82) is 0 Å². The Hall–Kier alpha value is -3.46. The molecule has 0 amide bonds. The first-order valence-electron chi connectivity index (χ1n) is 7.64. The highest BCUT2D eigenvalue weighted by Gasteiger charge is 2.09. The molecule has 4 rings (SSSR count). The lowest BCUT2D eigenvalue weighted by molar-refractivity contribution is 0.0709. The van der Waals surface area contributed by atoms with Gasteiger partial charge in [0.1, 0.15) is 11.0 Å². The van der Waals surface area contributed by atoms with Gasteiger partial charge in [-0.2, -0.15) is 15.0 Å². The van der Waals surface area contributed by atoms with Gasteiger partial charge in [-0.3, -0.25) is 0 Å². The number of nitrogens with zero attached hydrogens (tertiary/aromatic N) is 6. The molecule has 0 fully saturated rings. The molecule has 130 valence electrons. The second-order valence-corrected chi connectivity index (χ2v) is 5.73. The van der Waals surface area contributed by atoms with Crippen LogP contribution in [0.1, 0.15) is 5.82 Å². The number of halogens is 1. The van der Waals surface area contributed by atoms with Gasteiger partial charge in [0.05, 0.1) is 0 Å². The van der Waals surface area contributed by atoms with Crippen molar-refractivity contribution in [3.05, 3.63) is 59.4 Å². The molecule has 10 heteroatoms. The van der Waals surface area contributed by atoms with E-state index in [1.165, 1.54) is 4.85 Å². The zero-order valence-electron chi connectivity index (χ0n) is 13.4. The monoisotopic (exact) mass is 368 g/mol. The zero-order chi connectivity index (χ0) is 17.9. The first kappa shape index (κ1) is 16.0. The average molecular weight is 369 g/mol. The number of rotatable bonds is 5. The van der Waals surface area contributed by atoms with Gasteiger partial charge in [-0.1, -0.05) is 34.6 Å². The van der Waals surface area contributed by atoms with Crippen LogP contribution in [0.4, 0.5) is 17.6 Å². The molecule has 3 N–H and O–H groups in total. The minimum absolute atomic E-state index is 0.0289. The van der Waals surface area contributed by atoms with Crippen LogP contribution in [0.2, 0.25) is 5.02 Å². The third kappa shape index (κ3) is 3.47. The molecule has 0 atom stereocenters. The normalized spacial score (nSPS) is 10.8. The van der Waals surface area contributed by atoms with Crippen molar-refractivity contribution in [1.82, 2.24) is 30.1 Å². The van der Waals surface area contributed by atoms with Crippen molar-refractivity contribution in [2.75, 3.05) is 11.1 Å². The smallest absolute Gasteiger partial charge is 0.232 e. The van der Waals surface area contributed by atoms with Crippen LogP contribution in [0.15, 0.2) is 48.5 Å². The van der Waals surface area contributed by atoms with E-state index in [4.69, 9.17) is 22.2 Å². The highest BCUT2D eigenvalue weighted by atomic mass is 35.5. The minimum Gasteiger partial charge on any atom is -0.387 e. The molecule has 0 aliphatic carbocycles. The summed E-state index contributed by atoms with van der Waals surface area (Å²) >= 11 is 6.00. The van der Waals surface area contributed by atoms with Gasteiger partial charge in [-0.25, -0.2) is 0 Å². The maximum Gasteiger partial charge on any atom is 0.232 e. The number of fused-ring (bicyclic) bond motifs is 1. The van der Waals surface area contributed by atoms with Crippen molar-refractivity contribution in [2.45, 2.75) is 6.61 Å². The molecule has 0 unspecified atom stereocenters. The molecule has 26 heavy (non-hydrogen) atoms. The first-order valence-corrected chi connectivity index (χ1v) is 8.02. The fourth-order valence-electron chi connectivity index (χ4n) is 2.29. The summed E-state index contributed by atoms with van der Waals surface area (Å²) in [5.41, 5.74) is 7.90. The molecular weight excluding hydrogens is 356 g/mol. The van der Waals surface area contributed by atoms with E-state index >= 15 is 0 Å². The highest BCUT2D eigenvalue weighted by molar-refractivity contribution is 6.31. The Morgan fingerprint density at radius 1 is 1.08 bits per heavy atom. The topological polar surface area (TPSA) is 117 Å². The molecule has 0 aliphatic rings. The highest BCUT2D eigenvalue weighted by Crippen LogP contribution is 2.17. The Labute approximate surface area is 152 Å². The number of aromatic nitrogens is 6. The van der Waals surface area contributed by atoms with Crippen molar-refractivity contribution in [3.63, 3.8) is 0 Å². The summed E-state index contributed by atoms with van der Waals surface area (Å²) in [5.74, 6) is 0.763. The molecule has 4 aromatic rings. The minimum atomic E-state index is 0.0289. The summed E-state index contributed by atoms with van der Waals surface area (Å²) in [6, 6.07) is 14.7. The Morgan fingerprint density at radius 2 is 1.92 bits per heavy atom. The number of hydrogen-bond donors (Lipinski definition) is 2. The average Bonchev–Trinajstić information content (AvgIpc) is 3.02. The van der Waals surface area contributed by atoms with Crippen LogP contribution in [0.5, 0.6) is 0 Å². The molecule has 9 nitrogen and oxygen atoms in total. The van der Waals surface area contributed by atoms with Gasteiger partial charge < -0.3 is 15.9 Å². The summed E-state index contributed by atoms with van der Waals surface area (Å²) in [6.45, 7) is 0.0289. The molecule has 0 saturated carbocycles. The number of hydrogen-bond acceptors (Lipinski definition) is 8. The molecule has 0 saturated heterocycles. The predicted molar refractivity (Wildman–Crippen MR) is 96.8 cm³/mol. The molecular formula is C16H13ClN8O. The SMILES string of the molecule is Nc1nc(COn2nnc3ccc(Cl)cc32)nc(Nc2ccccc2)n1. The third-order valence-corrected chi connectivity index (χ3v) is 3.66. The molecule has 0 radical (unpaired) electrons. The fraction of sp³-hybridized carbons (Fsp3) is 0.0625. The van der Waals surface area contributed by atoms with Gasteiger partial charge in [0.15, 0.2) is 12.4 Å². The van der Waals surface area contributed by atoms with E-state index in [1.807, 2.05) is 30.3 Å². The molecule has 0 bridgehead atoms. The van der Waals surface area contributed by atoms with Crippen molar-refractivity contribution >= 4 is 40.2 Å². The van der Waals surface area contributed by atoms with Gasteiger partial charge >= 0.3 is 0 Å². The summed E-state index contributed by atoms with van der Waals surface area (Å²) in [5, 5.41) is 11.6. The zero-order valence-corrected chi connectivity index (χ0v) is 14.1. The van der Waals surface area contributed by atoms with Gasteiger partial charge in [0, 0.05) is 10.7 Å². The van der Waals surface area contributed by atoms with Crippen LogP contribution < -0.4 is 15.9 Å². The van der Waals surface area contributed by atoms with E-state index < -0.39 is 0 Å². The Bertz CT molecular complexity index is 1050. The van der Waals surface area contributed by atoms with Crippen LogP contribution in [-0.2, 0) is 6.61 Å². The van der Waals surface area contributed by atoms with Crippen LogP contribution >= 0.6 is 11.6 Å². The van der Waals surface area contributed by atoms with Crippen LogP contribution in [0.25, 0.3) is 11.0 Å². The standard InChI is InChI=1S/C16H13ClN8O/c17-10-6-7-12-13(8-10)25(24-23-12)26-9-14-20-15(18)22-16(21-14)19-11-4-2-1-3-5-11/h1-8H,9H2,(H3,18,19,20,21,22). The molecule has 0 aliphatic heterocycles. The van der Waals surface area contributed by atoms with E-state index in [0.29, 0.717) is 27.8 Å². The van der Waals surface area contributed by atoms with Gasteiger partial charge in [0.2, 0.25) is 11.9 Å². The van der Waals surface area contributed by atoms with Gasteiger partial charge in [-0.05, 0) is 35.5 Å². The van der Waals surface area contributed by atoms with E-state index in [0.717, 1.165) is 5.69 Å². The third-order valence-electron chi connectivity index (χ3n) is 3.42. The lowest BCUT2D eigenvalue weighted by atomic mass is 10.3. The summed E-state index contributed by atoms with van der Waals surface area (Å²) in [4.78, 5) is 19.3.